The predicted molar refractivity (Wildman–Crippen MR) is 75.2 cm³/mol. The molecule has 3 aliphatic rings. The Balaban J connectivity index is 1.99. The molecule has 1 amide bonds. The molecule has 3 nitrogen and oxygen atoms in total. The van der Waals surface area contributed by atoms with Gasteiger partial charge in [0, 0.05) is 31.0 Å². The Labute approximate surface area is 114 Å². The molecule has 100 valence electrons. The molecule has 2 atom stereocenters. The van der Waals surface area contributed by atoms with Crippen LogP contribution in [0.15, 0.2) is 18.2 Å². The zero-order chi connectivity index (χ0) is 13.0. The summed E-state index contributed by atoms with van der Waals surface area (Å²) >= 11 is 0. The number of amides is 1. The zero-order valence-corrected chi connectivity index (χ0v) is 11.4. The number of hydrogen-bond donors (Lipinski definition) is 1. The van der Waals surface area contributed by atoms with Crippen molar-refractivity contribution in [3.8, 4) is 0 Å². The highest BCUT2D eigenvalue weighted by Crippen LogP contribution is 2.53. The van der Waals surface area contributed by atoms with E-state index in [4.69, 9.17) is 0 Å². The first-order valence-electron chi connectivity index (χ1n) is 7.36. The van der Waals surface area contributed by atoms with E-state index in [0.717, 1.165) is 32.5 Å². The maximum atomic E-state index is 12.8. The summed E-state index contributed by atoms with van der Waals surface area (Å²) in [6.45, 7) is 4.89. The van der Waals surface area contributed by atoms with Crippen LogP contribution in [-0.4, -0.2) is 19.0 Å². The van der Waals surface area contributed by atoms with Crippen molar-refractivity contribution in [2.45, 2.75) is 38.1 Å². The van der Waals surface area contributed by atoms with E-state index in [1.807, 2.05) is 0 Å². The minimum Gasteiger partial charge on any atom is -0.311 e. The lowest BCUT2D eigenvalue weighted by Crippen LogP contribution is -2.49. The number of nitrogens with zero attached hydrogens (tertiary/aromatic N) is 1. The largest absolute Gasteiger partial charge is 0.311 e. The Morgan fingerprint density at radius 3 is 3.21 bits per heavy atom. The van der Waals surface area contributed by atoms with Gasteiger partial charge in [-0.2, -0.15) is 0 Å². The molecule has 0 unspecified atom stereocenters. The van der Waals surface area contributed by atoms with Crippen LogP contribution in [-0.2, 0) is 16.8 Å². The summed E-state index contributed by atoms with van der Waals surface area (Å²) in [5.74, 6) is 0.567. The Morgan fingerprint density at radius 2 is 2.32 bits per heavy atom. The molecule has 0 aromatic heterocycles. The van der Waals surface area contributed by atoms with Gasteiger partial charge in [0.2, 0.25) is 5.91 Å². The van der Waals surface area contributed by atoms with E-state index in [1.54, 1.807) is 0 Å². The lowest BCUT2D eigenvalue weighted by atomic mass is 9.69. The van der Waals surface area contributed by atoms with Crippen LogP contribution in [0.25, 0.3) is 0 Å². The number of rotatable bonds is 0. The molecule has 4 rings (SSSR count). The van der Waals surface area contributed by atoms with Crippen LogP contribution in [0.3, 0.4) is 0 Å². The summed E-state index contributed by atoms with van der Waals surface area (Å²) in [7, 11) is 0. The molecular weight excluding hydrogens is 236 g/mol. The molecule has 0 radical (unpaired) electrons. The second kappa shape index (κ2) is 3.83. The third-order valence-electron chi connectivity index (χ3n) is 5.35. The lowest BCUT2D eigenvalue weighted by molar-refractivity contribution is -0.124. The van der Waals surface area contributed by atoms with Crippen molar-refractivity contribution in [2.75, 3.05) is 18.0 Å². The van der Waals surface area contributed by atoms with Gasteiger partial charge in [0.05, 0.1) is 5.69 Å². The van der Waals surface area contributed by atoms with Crippen molar-refractivity contribution in [3.05, 3.63) is 29.3 Å². The first-order valence-corrected chi connectivity index (χ1v) is 7.36. The third kappa shape index (κ3) is 1.39. The number of benzene rings is 1. The van der Waals surface area contributed by atoms with Crippen LogP contribution in [0.5, 0.6) is 0 Å². The molecule has 1 aliphatic carbocycles. The molecule has 1 aromatic carbocycles. The van der Waals surface area contributed by atoms with Gasteiger partial charge in [-0.15, -0.1) is 0 Å². The molecule has 19 heavy (non-hydrogen) atoms. The van der Waals surface area contributed by atoms with Crippen molar-refractivity contribution in [3.63, 3.8) is 0 Å². The third-order valence-corrected chi connectivity index (χ3v) is 5.35. The monoisotopic (exact) mass is 256 g/mol. The van der Waals surface area contributed by atoms with Gasteiger partial charge in [-0.05, 0) is 24.0 Å². The van der Waals surface area contributed by atoms with Crippen molar-refractivity contribution in [2.24, 2.45) is 5.92 Å². The summed E-state index contributed by atoms with van der Waals surface area (Å²) < 4.78 is 0. The SMILES string of the molecule is C[C@]12CCC[C@H]1C(=O)N1CCNCc3cccc2c31. The average Bonchev–Trinajstić information content (AvgIpc) is 2.69. The van der Waals surface area contributed by atoms with Gasteiger partial charge >= 0.3 is 0 Å². The molecule has 0 bridgehead atoms. The minimum absolute atomic E-state index is 0.0727. The molecule has 0 spiro atoms. The Morgan fingerprint density at radius 1 is 1.42 bits per heavy atom. The quantitative estimate of drug-likeness (QED) is 0.771. The van der Waals surface area contributed by atoms with Crippen molar-refractivity contribution < 1.29 is 4.79 Å². The van der Waals surface area contributed by atoms with E-state index >= 15 is 0 Å². The van der Waals surface area contributed by atoms with Crippen molar-refractivity contribution in [1.82, 2.24) is 5.32 Å². The van der Waals surface area contributed by atoms with Gasteiger partial charge in [0.15, 0.2) is 0 Å². The van der Waals surface area contributed by atoms with E-state index in [-0.39, 0.29) is 11.3 Å². The van der Waals surface area contributed by atoms with Gasteiger partial charge in [-0.3, -0.25) is 4.79 Å². The van der Waals surface area contributed by atoms with Crippen LogP contribution in [0.2, 0.25) is 0 Å². The van der Waals surface area contributed by atoms with Crippen molar-refractivity contribution in [1.29, 1.82) is 0 Å². The highest BCUT2D eigenvalue weighted by Gasteiger charge is 2.51. The van der Waals surface area contributed by atoms with E-state index in [1.165, 1.54) is 23.2 Å². The normalized spacial score (nSPS) is 32.8. The van der Waals surface area contributed by atoms with E-state index < -0.39 is 0 Å². The van der Waals surface area contributed by atoms with E-state index in [2.05, 4.69) is 35.3 Å². The first kappa shape index (κ1) is 11.5. The smallest absolute Gasteiger partial charge is 0.231 e. The predicted octanol–water partition coefficient (Wildman–Crippen LogP) is 2.19. The van der Waals surface area contributed by atoms with E-state index in [9.17, 15) is 4.79 Å². The zero-order valence-electron chi connectivity index (χ0n) is 11.4. The number of nitrogens with one attached hydrogen (secondary N) is 1. The van der Waals surface area contributed by atoms with Gasteiger partial charge < -0.3 is 10.2 Å². The summed E-state index contributed by atoms with van der Waals surface area (Å²) in [5.41, 5.74) is 3.99. The Kier molecular flexibility index (Phi) is 2.31. The summed E-state index contributed by atoms with van der Waals surface area (Å²) in [5, 5.41) is 3.43. The number of fused-ring (bicyclic) bond motifs is 2. The summed E-state index contributed by atoms with van der Waals surface area (Å²) in [4.78, 5) is 14.9. The molecule has 2 aliphatic heterocycles. The molecule has 3 heteroatoms. The maximum Gasteiger partial charge on any atom is 0.231 e. The standard InChI is InChI=1S/C16H20N2O/c1-16-7-3-6-13(16)15(19)18-9-8-17-10-11-4-2-5-12(16)14(11)18/h2,4-5,13,17H,3,6-10H2,1H3/t13-,16+/m0/s1. The second-order valence-corrected chi connectivity index (χ2v) is 6.34. The van der Waals surface area contributed by atoms with E-state index in [0.29, 0.717) is 5.91 Å². The maximum absolute atomic E-state index is 12.8. The van der Waals surface area contributed by atoms with Crippen LogP contribution in [0.1, 0.15) is 37.3 Å². The molecular formula is C16H20N2O. The fourth-order valence-electron chi connectivity index (χ4n) is 4.33. The number of para-hydroxylation sites is 1. The van der Waals surface area contributed by atoms with Crippen molar-refractivity contribution >= 4 is 11.6 Å². The number of anilines is 1. The highest BCUT2D eigenvalue weighted by atomic mass is 16.2. The van der Waals surface area contributed by atoms with Gasteiger partial charge in [0.1, 0.15) is 0 Å². The average molecular weight is 256 g/mol. The summed E-state index contributed by atoms with van der Waals surface area (Å²) in [6, 6.07) is 6.58. The van der Waals surface area contributed by atoms with Crippen LogP contribution in [0, 0.1) is 5.92 Å². The molecule has 1 N–H and O–H groups in total. The Hall–Kier alpha value is -1.35. The lowest BCUT2D eigenvalue weighted by Gasteiger charge is -2.43. The fraction of sp³-hybridized carbons (Fsp3) is 0.562. The highest BCUT2D eigenvalue weighted by molar-refractivity contribution is 6.01. The van der Waals surface area contributed by atoms with Crippen LogP contribution in [0.4, 0.5) is 5.69 Å². The topological polar surface area (TPSA) is 32.3 Å². The first-order chi connectivity index (χ1) is 9.22. The van der Waals surface area contributed by atoms with Gasteiger partial charge in [0.25, 0.3) is 0 Å². The van der Waals surface area contributed by atoms with Crippen LogP contribution < -0.4 is 10.2 Å². The van der Waals surface area contributed by atoms with Crippen LogP contribution >= 0.6 is 0 Å². The number of carbonyl (C=O) groups is 1. The molecule has 1 fully saturated rings. The molecule has 0 saturated heterocycles. The summed E-state index contributed by atoms with van der Waals surface area (Å²) in [6.07, 6.45) is 3.40. The minimum atomic E-state index is 0.0727. The van der Waals surface area contributed by atoms with Gasteiger partial charge in [-0.1, -0.05) is 31.5 Å². The Bertz CT molecular complexity index is 554. The molecule has 2 heterocycles. The fourth-order valence-corrected chi connectivity index (χ4v) is 4.33. The number of carbonyl (C=O) groups excluding carboxylic acids is 1. The molecule has 1 aromatic rings. The van der Waals surface area contributed by atoms with Gasteiger partial charge in [-0.25, -0.2) is 0 Å². The number of hydrogen-bond acceptors (Lipinski definition) is 2. The molecule has 1 saturated carbocycles. The second-order valence-electron chi connectivity index (χ2n) is 6.34.